The van der Waals surface area contributed by atoms with E-state index in [1.165, 1.54) is 0 Å². The first-order valence-corrected chi connectivity index (χ1v) is 3.28. The maximum absolute atomic E-state index is 3.98. The zero-order chi connectivity index (χ0) is 7.40. The Morgan fingerprint density at radius 2 is 2.50 bits per heavy atom. The Morgan fingerprint density at radius 1 is 1.70 bits per heavy atom. The molecule has 0 aromatic carbocycles. The number of anilines is 1. The molecule has 1 heterocycles. The van der Waals surface area contributed by atoms with Crippen LogP contribution in [0, 0.1) is 0 Å². The molecular weight excluding hydrogens is 144 g/mol. The molecule has 1 aromatic heterocycles. The summed E-state index contributed by atoms with van der Waals surface area (Å²) in [6.07, 6.45) is 3.42. The number of rotatable bonds is 2. The number of hydrogen-bond acceptors (Lipinski definition) is 3. The third-order valence-electron chi connectivity index (χ3n) is 0.950. The van der Waals surface area contributed by atoms with Crippen LogP contribution in [0.3, 0.4) is 0 Å². The second-order valence-electron chi connectivity index (χ2n) is 1.81. The molecule has 1 rings (SSSR count). The lowest BCUT2D eigenvalue weighted by molar-refractivity contribution is 1.32. The average molecular weight is 152 g/mol. The van der Waals surface area contributed by atoms with Crippen LogP contribution in [0.2, 0.25) is 0 Å². The Labute approximate surface area is 65.4 Å². The summed E-state index contributed by atoms with van der Waals surface area (Å²) in [5, 5.41) is 3.53. The van der Waals surface area contributed by atoms with E-state index in [9.17, 15) is 0 Å². The molecule has 0 fully saturated rings. The summed E-state index contributed by atoms with van der Waals surface area (Å²) >= 11 is 3.98. The molecule has 0 aliphatic carbocycles. The highest BCUT2D eigenvalue weighted by Gasteiger charge is 1.87. The van der Waals surface area contributed by atoms with Crippen molar-refractivity contribution in [3.8, 4) is 0 Å². The summed E-state index contributed by atoms with van der Waals surface area (Å²) in [5.41, 5.74) is 0.905. The zero-order valence-corrected chi connectivity index (χ0v) is 6.31. The van der Waals surface area contributed by atoms with E-state index in [0.717, 1.165) is 5.69 Å². The van der Waals surface area contributed by atoms with Gasteiger partial charge in [-0.15, -0.1) is 12.6 Å². The molecule has 0 amide bonds. The van der Waals surface area contributed by atoms with Crippen LogP contribution in [0.5, 0.6) is 0 Å². The molecule has 0 aliphatic heterocycles. The Kier molecular flexibility index (Phi) is 2.34. The number of thiol groups is 1. The fourth-order valence-electron chi connectivity index (χ4n) is 0.603. The van der Waals surface area contributed by atoms with Crippen molar-refractivity contribution < 1.29 is 0 Å². The van der Waals surface area contributed by atoms with Crippen LogP contribution in [-0.2, 0) is 0 Å². The van der Waals surface area contributed by atoms with E-state index in [2.05, 4.69) is 29.5 Å². The van der Waals surface area contributed by atoms with Crippen LogP contribution < -0.4 is 5.32 Å². The lowest BCUT2D eigenvalue weighted by Gasteiger charge is -2.00. The van der Waals surface area contributed by atoms with Crippen molar-refractivity contribution in [1.29, 1.82) is 0 Å². The Morgan fingerprint density at radius 3 is 3.00 bits per heavy atom. The van der Waals surface area contributed by atoms with Gasteiger partial charge in [0.1, 0.15) is 0 Å². The second kappa shape index (κ2) is 3.27. The summed E-state index contributed by atoms with van der Waals surface area (Å²) in [6, 6.07) is 3.74. The molecule has 3 heteroatoms. The third kappa shape index (κ3) is 2.11. The normalized spacial score (nSPS) is 8.90. The second-order valence-corrected chi connectivity index (χ2v) is 2.35. The summed E-state index contributed by atoms with van der Waals surface area (Å²) in [7, 11) is 0. The van der Waals surface area contributed by atoms with Gasteiger partial charge in [0.15, 0.2) is 0 Å². The van der Waals surface area contributed by atoms with Crippen molar-refractivity contribution in [2.75, 3.05) is 5.32 Å². The topological polar surface area (TPSA) is 24.9 Å². The number of pyridine rings is 1. The van der Waals surface area contributed by atoms with Crippen LogP contribution in [0.1, 0.15) is 0 Å². The van der Waals surface area contributed by atoms with Gasteiger partial charge >= 0.3 is 0 Å². The van der Waals surface area contributed by atoms with E-state index in [1.807, 2.05) is 12.1 Å². The Balaban J connectivity index is 2.67. The van der Waals surface area contributed by atoms with Crippen molar-refractivity contribution in [3.05, 3.63) is 36.1 Å². The number of hydrogen-bond donors (Lipinski definition) is 2. The first-order chi connectivity index (χ1) is 4.79. The molecule has 1 aromatic rings. The van der Waals surface area contributed by atoms with Crippen LogP contribution >= 0.6 is 12.6 Å². The molecule has 0 unspecified atom stereocenters. The van der Waals surface area contributed by atoms with Gasteiger partial charge in [-0.05, 0) is 12.1 Å². The molecular formula is C7H8N2S. The average Bonchev–Trinajstić information content (AvgIpc) is 1.88. The van der Waals surface area contributed by atoms with Crippen molar-refractivity contribution in [1.82, 2.24) is 4.98 Å². The van der Waals surface area contributed by atoms with E-state index in [-0.39, 0.29) is 0 Å². The molecule has 2 nitrogen and oxygen atoms in total. The minimum absolute atomic E-state index is 0.619. The first-order valence-electron chi connectivity index (χ1n) is 2.84. The highest BCUT2D eigenvalue weighted by molar-refractivity contribution is 7.84. The van der Waals surface area contributed by atoms with E-state index < -0.39 is 0 Å². The van der Waals surface area contributed by atoms with E-state index in [1.54, 1.807) is 12.4 Å². The largest absolute Gasteiger partial charge is 0.350 e. The van der Waals surface area contributed by atoms with Gasteiger partial charge in [0.25, 0.3) is 0 Å². The predicted molar refractivity (Wildman–Crippen MR) is 46.0 cm³/mol. The minimum atomic E-state index is 0.619. The van der Waals surface area contributed by atoms with Crippen molar-refractivity contribution in [2.24, 2.45) is 0 Å². The lowest BCUT2D eigenvalue weighted by Crippen LogP contribution is -1.90. The van der Waals surface area contributed by atoms with Gasteiger partial charge in [-0.25, -0.2) is 0 Å². The maximum Gasteiger partial charge on any atom is 0.0621 e. The van der Waals surface area contributed by atoms with E-state index in [0.29, 0.717) is 5.03 Å². The molecule has 0 saturated heterocycles. The Bertz CT molecular complexity index is 220. The third-order valence-corrected chi connectivity index (χ3v) is 1.06. The van der Waals surface area contributed by atoms with Gasteiger partial charge in [0.2, 0.25) is 0 Å². The number of nitrogens with one attached hydrogen (secondary N) is 1. The van der Waals surface area contributed by atoms with E-state index >= 15 is 0 Å². The van der Waals surface area contributed by atoms with Gasteiger partial charge in [-0.1, -0.05) is 6.58 Å². The Hall–Kier alpha value is -0.960. The highest BCUT2D eigenvalue weighted by atomic mass is 32.1. The van der Waals surface area contributed by atoms with Crippen molar-refractivity contribution in [3.63, 3.8) is 0 Å². The van der Waals surface area contributed by atoms with Gasteiger partial charge in [-0.2, -0.15) is 0 Å². The molecule has 1 N–H and O–H groups in total. The molecule has 10 heavy (non-hydrogen) atoms. The molecule has 52 valence electrons. The van der Waals surface area contributed by atoms with Crippen molar-refractivity contribution in [2.45, 2.75) is 0 Å². The minimum Gasteiger partial charge on any atom is -0.350 e. The number of aromatic nitrogens is 1. The zero-order valence-electron chi connectivity index (χ0n) is 5.41. The van der Waals surface area contributed by atoms with Gasteiger partial charge in [-0.3, -0.25) is 4.98 Å². The smallest absolute Gasteiger partial charge is 0.0621 e. The lowest BCUT2D eigenvalue weighted by atomic mass is 10.4. The monoisotopic (exact) mass is 152 g/mol. The summed E-state index contributed by atoms with van der Waals surface area (Å²) in [5.74, 6) is 0. The molecule has 0 radical (unpaired) electrons. The quantitative estimate of drug-likeness (QED) is 0.633. The molecule has 0 bridgehead atoms. The summed E-state index contributed by atoms with van der Waals surface area (Å²) in [6.45, 7) is 3.58. The fourth-order valence-corrected chi connectivity index (χ4v) is 0.732. The molecule has 0 atom stereocenters. The SMILES string of the molecule is C=C(S)Nc1cccnc1. The van der Waals surface area contributed by atoms with Crippen LogP contribution in [0.15, 0.2) is 36.1 Å². The van der Waals surface area contributed by atoms with Crippen LogP contribution in [0.25, 0.3) is 0 Å². The van der Waals surface area contributed by atoms with Gasteiger partial charge < -0.3 is 5.32 Å². The molecule has 0 saturated carbocycles. The molecule has 0 aliphatic rings. The summed E-state index contributed by atoms with van der Waals surface area (Å²) in [4.78, 5) is 3.90. The standard InChI is InChI=1S/C7H8N2S/c1-6(10)9-7-3-2-4-8-5-7/h2-5,9-10H,1H2. The van der Waals surface area contributed by atoms with Crippen LogP contribution in [-0.4, -0.2) is 4.98 Å². The first kappa shape index (κ1) is 7.15. The molecule has 0 spiro atoms. The van der Waals surface area contributed by atoms with Gasteiger partial charge in [0, 0.05) is 6.20 Å². The fraction of sp³-hybridized carbons (Fsp3) is 0. The van der Waals surface area contributed by atoms with E-state index in [4.69, 9.17) is 0 Å². The van der Waals surface area contributed by atoms with Crippen molar-refractivity contribution >= 4 is 18.3 Å². The highest BCUT2D eigenvalue weighted by Crippen LogP contribution is 2.06. The maximum atomic E-state index is 3.98. The van der Waals surface area contributed by atoms with Crippen LogP contribution in [0.4, 0.5) is 5.69 Å². The number of nitrogens with zero attached hydrogens (tertiary/aromatic N) is 1. The summed E-state index contributed by atoms with van der Waals surface area (Å²) < 4.78 is 0. The van der Waals surface area contributed by atoms with Gasteiger partial charge in [0.05, 0.1) is 16.9 Å². The predicted octanol–water partition coefficient (Wildman–Crippen LogP) is 1.89.